The maximum absolute atomic E-state index is 12.1. The normalized spacial score (nSPS) is 11.3. The van der Waals surface area contributed by atoms with Crippen LogP contribution in [0.4, 0.5) is 5.13 Å². The second-order valence-electron chi connectivity index (χ2n) is 5.59. The number of hydrogen-bond donors (Lipinski definition) is 2. The molecule has 0 aliphatic rings. The molecule has 3 aromatic rings. The Labute approximate surface area is 165 Å². The molecule has 0 saturated carbocycles. The van der Waals surface area contributed by atoms with Crippen LogP contribution in [0.1, 0.15) is 12.5 Å². The van der Waals surface area contributed by atoms with Crippen molar-refractivity contribution < 1.29 is 14.7 Å². The molecule has 0 atom stereocenters. The molecule has 0 spiro atoms. The third-order valence-corrected chi connectivity index (χ3v) is 4.69. The summed E-state index contributed by atoms with van der Waals surface area (Å²) in [5, 5.41) is 17.6. The quantitative estimate of drug-likeness (QED) is 0.357. The van der Waals surface area contributed by atoms with E-state index in [1.807, 2.05) is 17.5 Å². The van der Waals surface area contributed by atoms with Crippen LogP contribution in [0.15, 0.2) is 59.1 Å². The van der Waals surface area contributed by atoms with Gasteiger partial charge in [-0.2, -0.15) is 0 Å². The van der Waals surface area contributed by atoms with Crippen molar-refractivity contribution in [1.82, 2.24) is 4.98 Å². The molecule has 6 nitrogen and oxygen atoms in total. The van der Waals surface area contributed by atoms with Gasteiger partial charge in [0.25, 0.3) is 5.91 Å². The minimum Gasteiger partial charge on any atom is -0.484 e. The SMILES string of the molecule is C/C(=N\O)c1ccc(OCC(=O)Nc2nc(-c3ccc(Cl)cc3)cs2)cc1. The lowest BCUT2D eigenvalue weighted by molar-refractivity contribution is -0.118. The molecule has 1 heterocycles. The van der Waals surface area contributed by atoms with E-state index in [0.717, 1.165) is 16.8 Å². The zero-order chi connectivity index (χ0) is 19.2. The van der Waals surface area contributed by atoms with Crippen LogP contribution in [-0.4, -0.2) is 28.4 Å². The van der Waals surface area contributed by atoms with Gasteiger partial charge in [0.2, 0.25) is 0 Å². The van der Waals surface area contributed by atoms with Crippen molar-refractivity contribution in [3.8, 4) is 17.0 Å². The minimum absolute atomic E-state index is 0.137. The summed E-state index contributed by atoms with van der Waals surface area (Å²) < 4.78 is 5.46. The molecule has 2 N–H and O–H groups in total. The van der Waals surface area contributed by atoms with Gasteiger partial charge in [-0.1, -0.05) is 28.9 Å². The van der Waals surface area contributed by atoms with Crippen LogP contribution >= 0.6 is 22.9 Å². The van der Waals surface area contributed by atoms with Crippen LogP contribution in [0.25, 0.3) is 11.3 Å². The molecule has 27 heavy (non-hydrogen) atoms. The van der Waals surface area contributed by atoms with Crippen molar-refractivity contribution >= 4 is 39.7 Å². The molecule has 138 valence electrons. The van der Waals surface area contributed by atoms with Crippen molar-refractivity contribution in [2.45, 2.75) is 6.92 Å². The summed E-state index contributed by atoms with van der Waals surface area (Å²) in [5.74, 6) is 0.241. The highest BCUT2D eigenvalue weighted by molar-refractivity contribution is 7.14. The van der Waals surface area contributed by atoms with Gasteiger partial charge >= 0.3 is 0 Å². The fraction of sp³-hybridized carbons (Fsp3) is 0.105. The monoisotopic (exact) mass is 401 g/mol. The van der Waals surface area contributed by atoms with E-state index in [0.29, 0.717) is 21.6 Å². The van der Waals surface area contributed by atoms with E-state index in [-0.39, 0.29) is 12.5 Å². The maximum Gasteiger partial charge on any atom is 0.264 e. The first-order valence-corrected chi connectivity index (χ1v) is 9.24. The predicted octanol–water partition coefficient (Wildman–Crippen LogP) is 4.68. The largest absolute Gasteiger partial charge is 0.484 e. The Morgan fingerprint density at radius 3 is 2.59 bits per heavy atom. The van der Waals surface area contributed by atoms with Crippen molar-refractivity contribution in [1.29, 1.82) is 0 Å². The number of aromatic nitrogens is 1. The van der Waals surface area contributed by atoms with Crippen LogP contribution in [0.3, 0.4) is 0 Å². The van der Waals surface area contributed by atoms with Gasteiger partial charge in [0, 0.05) is 16.0 Å². The molecule has 0 unspecified atom stereocenters. The second kappa shape index (κ2) is 8.66. The first-order valence-electron chi connectivity index (χ1n) is 7.98. The topological polar surface area (TPSA) is 83.8 Å². The Kier molecular flexibility index (Phi) is 6.05. The van der Waals surface area contributed by atoms with Crippen LogP contribution in [-0.2, 0) is 4.79 Å². The number of anilines is 1. The number of carbonyl (C=O) groups excluding carboxylic acids is 1. The number of hydrogen-bond acceptors (Lipinski definition) is 6. The number of carbonyl (C=O) groups is 1. The average molecular weight is 402 g/mol. The highest BCUT2D eigenvalue weighted by Crippen LogP contribution is 2.26. The molecule has 2 aromatic carbocycles. The molecule has 0 saturated heterocycles. The first-order chi connectivity index (χ1) is 13.0. The summed E-state index contributed by atoms with van der Waals surface area (Å²) >= 11 is 7.22. The number of thiazole rings is 1. The summed E-state index contributed by atoms with van der Waals surface area (Å²) in [6.07, 6.45) is 0. The van der Waals surface area contributed by atoms with E-state index in [9.17, 15) is 4.79 Å². The molecule has 1 amide bonds. The molecule has 0 aliphatic heterocycles. The number of oxime groups is 1. The number of rotatable bonds is 6. The fourth-order valence-electron chi connectivity index (χ4n) is 2.24. The molecule has 0 fully saturated rings. The van der Waals surface area contributed by atoms with Crippen molar-refractivity contribution in [3.63, 3.8) is 0 Å². The lowest BCUT2D eigenvalue weighted by Crippen LogP contribution is -2.20. The van der Waals surface area contributed by atoms with Gasteiger partial charge in [-0.15, -0.1) is 11.3 Å². The highest BCUT2D eigenvalue weighted by atomic mass is 35.5. The number of benzene rings is 2. The van der Waals surface area contributed by atoms with E-state index in [4.69, 9.17) is 21.5 Å². The molecule has 8 heteroatoms. The Bertz CT molecular complexity index is 953. The van der Waals surface area contributed by atoms with Gasteiger partial charge in [0.15, 0.2) is 11.7 Å². The van der Waals surface area contributed by atoms with Gasteiger partial charge in [-0.05, 0) is 48.9 Å². The van der Waals surface area contributed by atoms with Gasteiger partial charge in [0.05, 0.1) is 11.4 Å². The molecule has 1 aromatic heterocycles. The van der Waals surface area contributed by atoms with E-state index in [2.05, 4.69) is 15.5 Å². The van der Waals surface area contributed by atoms with E-state index >= 15 is 0 Å². The van der Waals surface area contributed by atoms with Gasteiger partial charge in [-0.25, -0.2) is 4.98 Å². The number of nitrogens with zero attached hydrogens (tertiary/aromatic N) is 2. The van der Waals surface area contributed by atoms with E-state index in [1.54, 1.807) is 43.3 Å². The lowest BCUT2D eigenvalue weighted by Gasteiger charge is -2.06. The molecular formula is C19H16ClN3O3S. The molecular weight excluding hydrogens is 386 g/mol. The Balaban J connectivity index is 1.54. The van der Waals surface area contributed by atoms with Gasteiger partial charge < -0.3 is 9.94 Å². The van der Waals surface area contributed by atoms with Crippen LogP contribution < -0.4 is 10.1 Å². The van der Waals surface area contributed by atoms with Crippen molar-refractivity contribution in [3.05, 3.63) is 64.5 Å². The summed E-state index contributed by atoms with van der Waals surface area (Å²) in [6.45, 7) is 1.55. The number of amides is 1. The van der Waals surface area contributed by atoms with Crippen LogP contribution in [0, 0.1) is 0 Å². The summed E-state index contributed by atoms with van der Waals surface area (Å²) in [4.78, 5) is 16.5. The summed E-state index contributed by atoms with van der Waals surface area (Å²) in [5.41, 5.74) is 2.96. The number of nitrogens with one attached hydrogen (secondary N) is 1. The van der Waals surface area contributed by atoms with Crippen LogP contribution in [0.2, 0.25) is 5.02 Å². The van der Waals surface area contributed by atoms with E-state index < -0.39 is 0 Å². The third-order valence-electron chi connectivity index (χ3n) is 3.68. The lowest BCUT2D eigenvalue weighted by atomic mass is 10.1. The summed E-state index contributed by atoms with van der Waals surface area (Å²) in [7, 11) is 0. The zero-order valence-corrected chi connectivity index (χ0v) is 15.9. The molecule has 0 radical (unpaired) electrons. The summed E-state index contributed by atoms with van der Waals surface area (Å²) in [6, 6.07) is 14.3. The molecule has 3 rings (SSSR count). The van der Waals surface area contributed by atoms with Crippen molar-refractivity contribution in [2.24, 2.45) is 5.16 Å². The Hall–Kier alpha value is -2.90. The standard InChI is InChI=1S/C19H16ClN3O3S/c1-12(23-25)13-4-8-16(9-5-13)26-10-18(24)22-19-21-17(11-27-19)14-2-6-15(20)7-3-14/h2-9,11,25H,10H2,1H3,(H,21,22,24)/b23-12+. The maximum atomic E-state index is 12.1. The first kappa shape index (κ1) is 18.9. The number of halogens is 1. The molecule has 0 bridgehead atoms. The zero-order valence-electron chi connectivity index (χ0n) is 14.3. The Morgan fingerprint density at radius 2 is 1.93 bits per heavy atom. The van der Waals surface area contributed by atoms with Crippen molar-refractivity contribution in [2.75, 3.05) is 11.9 Å². The number of ether oxygens (including phenoxy) is 1. The minimum atomic E-state index is -0.302. The average Bonchev–Trinajstić information content (AvgIpc) is 3.15. The molecule has 0 aliphatic carbocycles. The van der Waals surface area contributed by atoms with Crippen LogP contribution in [0.5, 0.6) is 5.75 Å². The second-order valence-corrected chi connectivity index (χ2v) is 6.89. The van der Waals surface area contributed by atoms with E-state index in [1.165, 1.54) is 11.3 Å². The fourth-order valence-corrected chi connectivity index (χ4v) is 3.10. The van der Waals surface area contributed by atoms with Gasteiger partial charge in [-0.3, -0.25) is 10.1 Å². The predicted molar refractivity (Wildman–Crippen MR) is 107 cm³/mol. The van der Waals surface area contributed by atoms with Gasteiger partial charge in [0.1, 0.15) is 5.75 Å². The Morgan fingerprint density at radius 1 is 1.22 bits per heavy atom. The third kappa shape index (κ3) is 5.06. The highest BCUT2D eigenvalue weighted by Gasteiger charge is 2.09. The smallest absolute Gasteiger partial charge is 0.264 e.